The summed E-state index contributed by atoms with van der Waals surface area (Å²) in [6.45, 7) is 0.614. The van der Waals surface area contributed by atoms with Gasteiger partial charge in [0.25, 0.3) is 0 Å². The molecule has 0 bridgehead atoms. The van der Waals surface area contributed by atoms with E-state index in [1.54, 1.807) is 16.8 Å². The molecule has 2 N–H and O–H groups in total. The summed E-state index contributed by atoms with van der Waals surface area (Å²) in [4.78, 5) is 4.15. The van der Waals surface area contributed by atoms with Crippen molar-refractivity contribution in [3.05, 3.63) is 35.4 Å². The van der Waals surface area contributed by atoms with Crippen molar-refractivity contribution in [3.8, 4) is 5.75 Å². The maximum absolute atomic E-state index is 14.1. The average molecular weight is 262 g/mol. The normalized spacial score (nSPS) is 18.1. The van der Waals surface area contributed by atoms with Gasteiger partial charge < -0.3 is 10.5 Å². The first-order chi connectivity index (χ1) is 9.17. The van der Waals surface area contributed by atoms with Crippen LogP contribution in [0.15, 0.2) is 18.2 Å². The van der Waals surface area contributed by atoms with Crippen LogP contribution in [0, 0.1) is 5.82 Å². The molecule has 2 aromatic rings. The summed E-state index contributed by atoms with van der Waals surface area (Å²) in [5.41, 5.74) is 6.27. The molecule has 3 rings (SSSR count). The monoisotopic (exact) mass is 262 g/mol. The Morgan fingerprint density at radius 3 is 3.05 bits per heavy atom. The molecule has 0 saturated heterocycles. The standard InChI is InChI=1S/C13H15FN4O/c1-19-9-3-4-10(11(14)6-9)8-2-5-12-16-13(15)17-18(12)7-8/h3-4,6,8H,2,5,7H2,1H3,(H2,15,17). The van der Waals surface area contributed by atoms with Gasteiger partial charge >= 0.3 is 0 Å². The number of aromatic nitrogens is 3. The number of methoxy groups -OCH3 is 1. The van der Waals surface area contributed by atoms with Crippen molar-refractivity contribution in [2.75, 3.05) is 12.8 Å². The molecule has 0 spiro atoms. The van der Waals surface area contributed by atoms with E-state index in [2.05, 4.69) is 10.1 Å². The zero-order chi connectivity index (χ0) is 13.4. The van der Waals surface area contributed by atoms with Crippen LogP contribution >= 0.6 is 0 Å². The summed E-state index contributed by atoms with van der Waals surface area (Å²) in [5, 5.41) is 4.13. The number of hydrogen-bond acceptors (Lipinski definition) is 4. The lowest BCUT2D eigenvalue weighted by Crippen LogP contribution is -2.20. The molecule has 2 heterocycles. The molecule has 0 aliphatic carbocycles. The number of ether oxygens (including phenoxy) is 1. The van der Waals surface area contributed by atoms with Gasteiger partial charge in [-0.3, -0.25) is 0 Å². The van der Waals surface area contributed by atoms with E-state index >= 15 is 0 Å². The maximum Gasteiger partial charge on any atom is 0.239 e. The van der Waals surface area contributed by atoms with E-state index in [0.717, 1.165) is 18.7 Å². The zero-order valence-corrected chi connectivity index (χ0v) is 10.6. The summed E-state index contributed by atoms with van der Waals surface area (Å²) in [5.74, 6) is 1.55. The van der Waals surface area contributed by atoms with E-state index in [-0.39, 0.29) is 17.7 Å². The number of halogens is 1. The van der Waals surface area contributed by atoms with Gasteiger partial charge in [-0.25, -0.2) is 9.07 Å². The van der Waals surface area contributed by atoms with Crippen molar-refractivity contribution in [3.63, 3.8) is 0 Å². The molecule has 1 aliphatic rings. The molecule has 0 amide bonds. The van der Waals surface area contributed by atoms with E-state index in [0.29, 0.717) is 17.9 Å². The van der Waals surface area contributed by atoms with Crippen molar-refractivity contribution in [2.45, 2.75) is 25.3 Å². The summed E-state index contributed by atoms with van der Waals surface area (Å²) < 4.78 is 20.8. The zero-order valence-electron chi connectivity index (χ0n) is 10.6. The van der Waals surface area contributed by atoms with Gasteiger partial charge in [-0.1, -0.05) is 6.07 Å². The van der Waals surface area contributed by atoms with Gasteiger partial charge in [-0.2, -0.15) is 4.98 Å². The highest BCUT2D eigenvalue weighted by molar-refractivity contribution is 5.31. The van der Waals surface area contributed by atoms with E-state index in [4.69, 9.17) is 10.5 Å². The fourth-order valence-corrected chi connectivity index (χ4v) is 2.55. The Morgan fingerprint density at radius 2 is 2.32 bits per heavy atom. The highest BCUT2D eigenvalue weighted by Crippen LogP contribution is 2.31. The van der Waals surface area contributed by atoms with E-state index < -0.39 is 0 Å². The average Bonchev–Trinajstić information content (AvgIpc) is 2.77. The smallest absolute Gasteiger partial charge is 0.239 e. The molecule has 100 valence electrons. The van der Waals surface area contributed by atoms with Crippen LogP contribution in [0.4, 0.5) is 10.3 Å². The molecule has 1 aromatic carbocycles. The Hall–Kier alpha value is -2.11. The van der Waals surface area contributed by atoms with Crippen LogP contribution in [-0.4, -0.2) is 21.9 Å². The number of hydrogen-bond donors (Lipinski definition) is 1. The lowest BCUT2D eigenvalue weighted by molar-refractivity contribution is 0.399. The molecular weight excluding hydrogens is 247 g/mol. The second-order valence-electron chi connectivity index (χ2n) is 4.69. The Labute approximate surface area is 110 Å². The fourth-order valence-electron chi connectivity index (χ4n) is 2.55. The molecule has 0 saturated carbocycles. The topological polar surface area (TPSA) is 66.0 Å². The molecule has 1 aliphatic heterocycles. The SMILES string of the molecule is COc1ccc(C2CCc3nc(N)nn3C2)c(F)c1. The third kappa shape index (κ3) is 2.14. The highest BCUT2D eigenvalue weighted by atomic mass is 19.1. The summed E-state index contributed by atoms with van der Waals surface area (Å²) >= 11 is 0. The number of aryl methyl sites for hydroxylation is 1. The van der Waals surface area contributed by atoms with Crippen LogP contribution in [0.5, 0.6) is 5.75 Å². The molecular formula is C13H15FN4O. The Bertz CT molecular complexity index is 611. The number of nitrogens with zero attached hydrogens (tertiary/aromatic N) is 3. The number of anilines is 1. The third-order valence-corrected chi connectivity index (χ3v) is 3.52. The van der Waals surface area contributed by atoms with Crippen LogP contribution in [0.25, 0.3) is 0 Å². The lowest BCUT2D eigenvalue weighted by Gasteiger charge is -2.23. The molecule has 1 unspecified atom stereocenters. The quantitative estimate of drug-likeness (QED) is 0.895. The molecule has 0 fully saturated rings. The Balaban J connectivity index is 1.88. The minimum Gasteiger partial charge on any atom is -0.497 e. The Kier molecular flexibility index (Phi) is 2.85. The lowest BCUT2D eigenvalue weighted by atomic mass is 9.91. The molecule has 0 radical (unpaired) electrons. The van der Waals surface area contributed by atoms with E-state index in [1.807, 2.05) is 0 Å². The van der Waals surface area contributed by atoms with Crippen molar-refractivity contribution in [1.82, 2.24) is 14.8 Å². The van der Waals surface area contributed by atoms with Crippen LogP contribution in [0.2, 0.25) is 0 Å². The second-order valence-corrected chi connectivity index (χ2v) is 4.69. The number of nitrogen functional groups attached to an aromatic ring is 1. The molecule has 1 aromatic heterocycles. The van der Waals surface area contributed by atoms with Gasteiger partial charge in [0.15, 0.2) is 0 Å². The summed E-state index contributed by atoms with van der Waals surface area (Å²) in [7, 11) is 1.53. The van der Waals surface area contributed by atoms with Gasteiger partial charge in [-0.15, -0.1) is 5.10 Å². The van der Waals surface area contributed by atoms with Gasteiger partial charge in [0.1, 0.15) is 17.4 Å². The minimum atomic E-state index is -0.235. The second kappa shape index (κ2) is 4.53. The van der Waals surface area contributed by atoms with Gasteiger partial charge in [0.2, 0.25) is 5.95 Å². The van der Waals surface area contributed by atoms with E-state index in [1.165, 1.54) is 13.2 Å². The van der Waals surface area contributed by atoms with Gasteiger partial charge in [-0.05, 0) is 18.1 Å². The minimum absolute atomic E-state index is 0.0968. The number of fused-ring (bicyclic) bond motifs is 1. The van der Waals surface area contributed by atoms with Crippen LogP contribution in [0.1, 0.15) is 23.7 Å². The van der Waals surface area contributed by atoms with Crippen molar-refractivity contribution < 1.29 is 9.13 Å². The third-order valence-electron chi connectivity index (χ3n) is 3.52. The Morgan fingerprint density at radius 1 is 1.47 bits per heavy atom. The first-order valence-corrected chi connectivity index (χ1v) is 6.20. The van der Waals surface area contributed by atoms with Crippen molar-refractivity contribution in [1.29, 1.82) is 0 Å². The highest BCUT2D eigenvalue weighted by Gasteiger charge is 2.24. The van der Waals surface area contributed by atoms with E-state index in [9.17, 15) is 4.39 Å². The molecule has 19 heavy (non-hydrogen) atoms. The van der Waals surface area contributed by atoms with Gasteiger partial charge in [0.05, 0.1) is 13.7 Å². The predicted molar refractivity (Wildman–Crippen MR) is 68.4 cm³/mol. The number of rotatable bonds is 2. The molecule has 1 atom stereocenters. The number of nitrogens with two attached hydrogens (primary N) is 1. The van der Waals surface area contributed by atoms with Crippen LogP contribution in [-0.2, 0) is 13.0 Å². The fraction of sp³-hybridized carbons (Fsp3) is 0.385. The summed E-state index contributed by atoms with van der Waals surface area (Å²) in [6, 6.07) is 4.98. The number of benzene rings is 1. The summed E-state index contributed by atoms with van der Waals surface area (Å²) in [6.07, 6.45) is 1.61. The van der Waals surface area contributed by atoms with Crippen LogP contribution < -0.4 is 10.5 Å². The first-order valence-electron chi connectivity index (χ1n) is 6.20. The van der Waals surface area contributed by atoms with Crippen molar-refractivity contribution in [2.24, 2.45) is 0 Å². The van der Waals surface area contributed by atoms with Gasteiger partial charge in [0, 0.05) is 18.4 Å². The maximum atomic E-state index is 14.1. The largest absolute Gasteiger partial charge is 0.497 e. The van der Waals surface area contributed by atoms with Crippen molar-refractivity contribution >= 4 is 5.95 Å². The first kappa shape index (κ1) is 12.0. The predicted octanol–water partition coefficient (Wildman–Crippen LogP) is 1.74. The molecule has 5 nitrogen and oxygen atoms in total. The van der Waals surface area contributed by atoms with Crippen LogP contribution in [0.3, 0.4) is 0 Å². The molecule has 6 heteroatoms.